The van der Waals surface area contributed by atoms with Crippen LogP contribution in [0.15, 0.2) is 30.3 Å². The molecule has 2 atom stereocenters. The smallest absolute Gasteiger partial charge is 0.329 e. The first-order valence-electron chi connectivity index (χ1n) is 7.14. The number of carboxylic acid groups (broad SMARTS) is 1. The Morgan fingerprint density at radius 2 is 2.05 bits per heavy atom. The SMILES string of the molecule is CC1CCCC(NC(=O)C#Cc2ccccc2)(C(=O)O)C1. The summed E-state index contributed by atoms with van der Waals surface area (Å²) in [7, 11) is 0. The monoisotopic (exact) mass is 285 g/mol. The summed E-state index contributed by atoms with van der Waals surface area (Å²) in [5.41, 5.74) is -0.436. The Morgan fingerprint density at radius 1 is 1.33 bits per heavy atom. The molecule has 0 saturated heterocycles. The van der Waals surface area contributed by atoms with Crippen LogP contribution in [0, 0.1) is 17.8 Å². The van der Waals surface area contributed by atoms with Crippen molar-refractivity contribution >= 4 is 11.9 Å². The molecule has 4 heteroatoms. The van der Waals surface area contributed by atoms with Gasteiger partial charge in [-0.1, -0.05) is 43.9 Å². The van der Waals surface area contributed by atoms with E-state index >= 15 is 0 Å². The zero-order chi connectivity index (χ0) is 15.3. The van der Waals surface area contributed by atoms with Gasteiger partial charge in [0, 0.05) is 11.5 Å². The van der Waals surface area contributed by atoms with Gasteiger partial charge in [-0.3, -0.25) is 4.79 Å². The highest BCUT2D eigenvalue weighted by atomic mass is 16.4. The Kier molecular flexibility index (Phi) is 4.64. The molecule has 0 aliphatic heterocycles. The predicted molar refractivity (Wildman–Crippen MR) is 79.5 cm³/mol. The maximum Gasteiger partial charge on any atom is 0.329 e. The van der Waals surface area contributed by atoms with Gasteiger partial charge >= 0.3 is 5.97 Å². The van der Waals surface area contributed by atoms with Crippen LogP contribution in [0.5, 0.6) is 0 Å². The summed E-state index contributed by atoms with van der Waals surface area (Å²) >= 11 is 0. The van der Waals surface area contributed by atoms with Gasteiger partial charge in [0.15, 0.2) is 0 Å². The summed E-state index contributed by atoms with van der Waals surface area (Å²) in [5, 5.41) is 12.1. The molecule has 1 aliphatic carbocycles. The highest BCUT2D eigenvalue weighted by Crippen LogP contribution is 2.32. The predicted octanol–water partition coefficient (Wildman–Crippen LogP) is 2.19. The first kappa shape index (κ1) is 15.1. The molecule has 0 aromatic heterocycles. The molecule has 4 nitrogen and oxygen atoms in total. The van der Waals surface area contributed by atoms with E-state index in [1.165, 1.54) is 0 Å². The lowest BCUT2D eigenvalue weighted by Gasteiger charge is -2.36. The molecule has 2 rings (SSSR count). The number of hydrogen-bond acceptors (Lipinski definition) is 2. The van der Waals surface area contributed by atoms with E-state index in [1.807, 2.05) is 25.1 Å². The van der Waals surface area contributed by atoms with E-state index in [0.29, 0.717) is 12.8 Å². The number of carboxylic acids is 1. The Balaban J connectivity index is 2.09. The second-order valence-electron chi connectivity index (χ2n) is 5.66. The zero-order valence-electron chi connectivity index (χ0n) is 12.1. The maximum absolute atomic E-state index is 12.0. The van der Waals surface area contributed by atoms with Crippen molar-refractivity contribution in [3.8, 4) is 11.8 Å². The van der Waals surface area contributed by atoms with Gasteiger partial charge in [-0.25, -0.2) is 4.79 Å². The second-order valence-corrected chi connectivity index (χ2v) is 5.66. The largest absolute Gasteiger partial charge is 0.480 e. The molecule has 0 spiro atoms. The summed E-state index contributed by atoms with van der Waals surface area (Å²) in [6, 6.07) is 9.15. The summed E-state index contributed by atoms with van der Waals surface area (Å²) in [4.78, 5) is 23.5. The molecular weight excluding hydrogens is 266 g/mol. The van der Waals surface area contributed by atoms with Gasteiger partial charge in [-0.05, 0) is 30.9 Å². The fourth-order valence-electron chi connectivity index (χ4n) is 2.81. The minimum Gasteiger partial charge on any atom is -0.480 e. The van der Waals surface area contributed by atoms with Gasteiger partial charge < -0.3 is 10.4 Å². The molecule has 1 aliphatic rings. The number of carbonyl (C=O) groups excluding carboxylic acids is 1. The van der Waals surface area contributed by atoms with E-state index in [2.05, 4.69) is 17.2 Å². The van der Waals surface area contributed by atoms with E-state index in [9.17, 15) is 14.7 Å². The molecular formula is C17H19NO3. The summed E-state index contributed by atoms with van der Waals surface area (Å²) < 4.78 is 0. The minimum absolute atomic E-state index is 0.289. The average Bonchev–Trinajstić information content (AvgIpc) is 2.46. The second kappa shape index (κ2) is 6.45. The molecule has 2 unspecified atom stereocenters. The molecule has 0 radical (unpaired) electrons. The van der Waals surface area contributed by atoms with E-state index in [4.69, 9.17) is 0 Å². The van der Waals surface area contributed by atoms with Crippen molar-refractivity contribution in [3.05, 3.63) is 35.9 Å². The van der Waals surface area contributed by atoms with Crippen LogP contribution in [-0.2, 0) is 9.59 Å². The van der Waals surface area contributed by atoms with E-state index < -0.39 is 17.4 Å². The van der Waals surface area contributed by atoms with Crippen molar-refractivity contribution in [1.82, 2.24) is 5.32 Å². The lowest BCUT2D eigenvalue weighted by Crippen LogP contribution is -2.56. The molecule has 110 valence electrons. The number of aliphatic carboxylic acids is 1. The third kappa shape index (κ3) is 3.85. The van der Waals surface area contributed by atoms with E-state index in [1.54, 1.807) is 12.1 Å². The first-order chi connectivity index (χ1) is 10.0. The average molecular weight is 285 g/mol. The van der Waals surface area contributed by atoms with E-state index in [-0.39, 0.29) is 5.92 Å². The maximum atomic E-state index is 12.0. The normalized spacial score (nSPS) is 24.5. The molecule has 1 saturated carbocycles. The number of amides is 1. The lowest BCUT2D eigenvalue weighted by atomic mass is 9.76. The van der Waals surface area contributed by atoms with Crippen molar-refractivity contribution in [2.75, 3.05) is 0 Å². The Labute approximate surface area is 124 Å². The van der Waals surface area contributed by atoms with Crippen molar-refractivity contribution in [3.63, 3.8) is 0 Å². The van der Waals surface area contributed by atoms with Gasteiger partial charge in [-0.15, -0.1) is 0 Å². The highest BCUT2D eigenvalue weighted by molar-refractivity contribution is 5.97. The number of rotatable bonds is 2. The van der Waals surface area contributed by atoms with Gasteiger partial charge in [0.05, 0.1) is 0 Å². The van der Waals surface area contributed by atoms with Crippen LogP contribution in [0.1, 0.15) is 38.2 Å². The zero-order valence-corrected chi connectivity index (χ0v) is 12.1. The molecule has 1 amide bonds. The van der Waals surface area contributed by atoms with Crippen LogP contribution >= 0.6 is 0 Å². The Bertz CT molecular complexity index is 585. The molecule has 1 aromatic carbocycles. The number of hydrogen-bond donors (Lipinski definition) is 2. The molecule has 1 fully saturated rings. The summed E-state index contributed by atoms with van der Waals surface area (Å²) in [6.07, 6.45) is 2.73. The fraction of sp³-hybridized carbons (Fsp3) is 0.412. The standard InChI is InChI=1S/C17H19NO3/c1-13-6-5-11-17(12-13,16(20)21)18-15(19)10-9-14-7-3-2-4-8-14/h2-4,7-8,13H,5-6,11-12H2,1H3,(H,18,19)(H,20,21). The minimum atomic E-state index is -1.17. The molecule has 21 heavy (non-hydrogen) atoms. The van der Waals surface area contributed by atoms with Gasteiger partial charge in [-0.2, -0.15) is 0 Å². The van der Waals surface area contributed by atoms with Crippen LogP contribution in [0.4, 0.5) is 0 Å². The first-order valence-corrected chi connectivity index (χ1v) is 7.14. The van der Waals surface area contributed by atoms with Crippen LogP contribution < -0.4 is 5.32 Å². The fourth-order valence-corrected chi connectivity index (χ4v) is 2.81. The third-order valence-electron chi connectivity index (χ3n) is 3.85. The number of benzene rings is 1. The van der Waals surface area contributed by atoms with Crippen LogP contribution in [0.3, 0.4) is 0 Å². The van der Waals surface area contributed by atoms with Crippen molar-refractivity contribution < 1.29 is 14.7 Å². The highest BCUT2D eigenvalue weighted by Gasteiger charge is 2.42. The van der Waals surface area contributed by atoms with Crippen LogP contribution in [0.25, 0.3) is 0 Å². The number of carbonyl (C=O) groups is 2. The van der Waals surface area contributed by atoms with Crippen molar-refractivity contribution in [2.24, 2.45) is 5.92 Å². The Hall–Kier alpha value is -2.28. The van der Waals surface area contributed by atoms with Gasteiger partial charge in [0.1, 0.15) is 5.54 Å². The number of nitrogens with one attached hydrogen (secondary N) is 1. The summed E-state index contributed by atoms with van der Waals surface area (Å²) in [6.45, 7) is 2.01. The van der Waals surface area contributed by atoms with Crippen molar-refractivity contribution in [2.45, 2.75) is 38.1 Å². The van der Waals surface area contributed by atoms with Crippen molar-refractivity contribution in [1.29, 1.82) is 0 Å². The summed E-state index contributed by atoms with van der Waals surface area (Å²) in [5.74, 6) is 4.01. The van der Waals surface area contributed by atoms with Gasteiger partial charge in [0.2, 0.25) is 0 Å². The molecule has 1 aromatic rings. The van der Waals surface area contributed by atoms with Gasteiger partial charge in [0.25, 0.3) is 5.91 Å². The molecule has 0 bridgehead atoms. The topological polar surface area (TPSA) is 66.4 Å². The molecule has 0 heterocycles. The van der Waals surface area contributed by atoms with E-state index in [0.717, 1.165) is 18.4 Å². The molecule has 2 N–H and O–H groups in total. The quantitative estimate of drug-likeness (QED) is 0.819. The van der Waals surface area contributed by atoms with Crippen LogP contribution in [0.2, 0.25) is 0 Å². The Morgan fingerprint density at radius 3 is 2.67 bits per heavy atom. The third-order valence-corrected chi connectivity index (χ3v) is 3.85. The lowest BCUT2D eigenvalue weighted by molar-refractivity contribution is -0.149. The van der Waals surface area contributed by atoms with Crippen LogP contribution in [-0.4, -0.2) is 22.5 Å².